The Labute approximate surface area is 146 Å². The molecule has 0 aromatic heterocycles. The van der Waals surface area contributed by atoms with E-state index in [1.807, 2.05) is 13.0 Å². The average Bonchev–Trinajstić information content (AvgIpc) is 2.81. The van der Waals surface area contributed by atoms with Gasteiger partial charge in [0.1, 0.15) is 5.78 Å². The van der Waals surface area contributed by atoms with Crippen molar-refractivity contribution >= 4 is 11.6 Å². The van der Waals surface area contributed by atoms with Crippen LogP contribution in [0.5, 0.6) is 0 Å². The summed E-state index contributed by atoms with van der Waals surface area (Å²) in [6.45, 7) is 8.91. The first-order valence-corrected chi connectivity index (χ1v) is 9.97. The third kappa shape index (κ3) is 1.89. The molecule has 3 saturated carbocycles. The van der Waals surface area contributed by atoms with Gasteiger partial charge in [0.2, 0.25) is 0 Å². The van der Waals surface area contributed by atoms with E-state index in [0.29, 0.717) is 17.5 Å². The van der Waals surface area contributed by atoms with E-state index in [0.717, 1.165) is 37.5 Å². The van der Waals surface area contributed by atoms with E-state index in [9.17, 15) is 9.59 Å². The molecular formula is C22H32O2. The van der Waals surface area contributed by atoms with Gasteiger partial charge in [-0.25, -0.2) is 0 Å². The Kier molecular flexibility index (Phi) is 3.48. The summed E-state index contributed by atoms with van der Waals surface area (Å²) in [4.78, 5) is 24.4. The fourth-order valence-corrected chi connectivity index (χ4v) is 7.40. The lowest BCUT2D eigenvalue weighted by Crippen LogP contribution is -2.53. The van der Waals surface area contributed by atoms with Crippen molar-refractivity contribution in [1.29, 1.82) is 0 Å². The zero-order chi connectivity index (χ0) is 17.3. The fourth-order valence-electron chi connectivity index (χ4n) is 7.40. The van der Waals surface area contributed by atoms with Crippen LogP contribution in [0.4, 0.5) is 0 Å². The molecule has 0 aliphatic heterocycles. The van der Waals surface area contributed by atoms with Gasteiger partial charge in [0.15, 0.2) is 5.78 Å². The van der Waals surface area contributed by atoms with Crippen LogP contribution in [-0.2, 0) is 9.59 Å². The van der Waals surface area contributed by atoms with Gasteiger partial charge in [-0.05, 0) is 86.5 Å². The van der Waals surface area contributed by atoms with Gasteiger partial charge < -0.3 is 0 Å². The first-order chi connectivity index (χ1) is 11.2. The maximum atomic E-state index is 12.5. The molecule has 4 aliphatic rings. The molecule has 2 heteroatoms. The van der Waals surface area contributed by atoms with E-state index in [2.05, 4.69) is 20.8 Å². The highest BCUT2D eigenvalue weighted by Crippen LogP contribution is 2.69. The van der Waals surface area contributed by atoms with E-state index in [1.165, 1.54) is 31.3 Å². The molecule has 4 rings (SSSR count). The van der Waals surface area contributed by atoms with Crippen LogP contribution in [0.25, 0.3) is 0 Å². The van der Waals surface area contributed by atoms with E-state index < -0.39 is 0 Å². The molecule has 0 spiro atoms. The van der Waals surface area contributed by atoms with Crippen molar-refractivity contribution in [2.24, 2.45) is 34.0 Å². The third-order valence-corrected chi connectivity index (χ3v) is 9.34. The Hall–Kier alpha value is -0.920. The maximum absolute atomic E-state index is 12.5. The van der Waals surface area contributed by atoms with Gasteiger partial charge in [0, 0.05) is 11.8 Å². The van der Waals surface area contributed by atoms with Crippen LogP contribution in [0.3, 0.4) is 0 Å². The Morgan fingerprint density at radius 1 is 1.00 bits per heavy atom. The highest BCUT2D eigenvalue weighted by atomic mass is 16.1. The predicted molar refractivity (Wildman–Crippen MR) is 95.5 cm³/mol. The van der Waals surface area contributed by atoms with Gasteiger partial charge in [0.25, 0.3) is 0 Å². The highest BCUT2D eigenvalue weighted by Gasteiger charge is 2.63. The van der Waals surface area contributed by atoms with Crippen molar-refractivity contribution < 1.29 is 9.59 Å². The lowest BCUT2D eigenvalue weighted by atomic mass is 9.45. The number of ketones is 2. The first-order valence-electron chi connectivity index (χ1n) is 9.97. The molecule has 0 amide bonds. The Morgan fingerprint density at radius 2 is 1.71 bits per heavy atom. The number of rotatable bonds is 1. The number of fused-ring (bicyclic) bond motifs is 5. The van der Waals surface area contributed by atoms with Crippen LogP contribution in [0.15, 0.2) is 11.6 Å². The van der Waals surface area contributed by atoms with E-state index >= 15 is 0 Å². The summed E-state index contributed by atoms with van der Waals surface area (Å²) in [6.07, 6.45) is 10.8. The summed E-state index contributed by atoms with van der Waals surface area (Å²) in [5.74, 6) is 2.91. The van der Waals surface area contributed by atoms with Crippen molar-refractivity contribution in [3.63, 3.8) is 0 Å². The quantitative estimate of drug-likeness (QED) is 0.670. The van der Waals surface area contributed by atoms with Gasteiger partial charge in [0.05, 0.1) is 0 Å². The van der Waals surface area contributed by atoms with Crippen LogP contribution in [0, 0.1) is 34.0 Å². The lowest BCUT2D eigenvalue weighted by molar-refractivity contribution is -0.139. The van der Waals surface area contributed by atoms with Crippen molar-refractivity contribution in [2.75, 3.05) is 0 Å². The number of carbonyl (C=O) groups excluding carboxylic acids is 2. The second kappa shape index (κ2) is 5.05. The third-order valence-electron chi connectivity index (χ3n) is 9.34. The molecule has 0 aromatic carbocycles. The Balaban J connectivity index is 1.70. The molecule has 6 atom stereocenters. The largest absolute Gasteiger partial charge is 0.299 e. The average molecular weight is 328 g/mol. The van der Waals surface area contributed by atoms with E-state index in [4.69, 9.17) is 0 Å². The topological polar surface area (TPSA) is 34.1 Å². The Bertz CT molecular complexity index is 632. The van der Waals surface area contributed by atoms with Gasteiger partial charge >= 0.3 is 0 Å². The summed E-state index contributed by atoms with van der Waals surface area (Å²) in [7, 11) is 0. The summed E-state index contributed by atoms with van der Waals surface area (Å²) < 4.78 is 0. The van der Waals surface area contributed by atoms with Gasteiger partial charge in [-0.3, -0.25) is 9.59 Å². The van der Waals surface area contributed by atoms with Crippen molar-refractivity contribution in [3.05, 3.63) is 11.6 Å². The van der Waals surface area contributed by atoms with Gasteiger partial charge in [-0.2, -0.15) is 0 Å². The summed E-state index contributed by atoms with van der Waals surface area (Å²) in [5, 5.41) is 0. The molecule has 0 saturated heterocycles. The number of hydrogen-bond donors (Lipinski definition) is 0. The number of Topliss-reactive ketones (excluding diaryl/α,β-unsaturated/α-hetero) is 1. The summed E-state index contributed by atoms with van der Waals surface area (Å²) in [5.41, 5.74) is 1.74. The molecule has 24 heavy (non-hydrogen) atoms. The van der Waals surface area contributed by atoms with Crippen molar-refractivity contribution in [3.8, 4) is 0 Å². The molecule has 132 valence electrons. The van der Waals surface area contributed by atoms with Gasteiger partial charge in [-0.15, -0.1) is 0 Å². The molecular weight excluding hydrogens is 296 g/mol. The second-order valence-corrected chi connectivity index (χ2v) is 9.85. The molecule has 0 aromatic rings. The minimum absolute atomic E-state index is 0.123. The number of allylic oxidation sites excluding steroid dienone is 1. The maximum Gasteiger partial charge on any atom is 0.155 e. The van der Waals surface area contributed by atoms with E-state index in [-0.39, 0.29) is 16.2 Å². The molecule has 0 radical (unpaired) electrons. The highest BCUT2D eigenvalue weighted by molar-refractivity contribution is 5.91. The van der Waals surface area contributed by atoms with E-state index in [1.54, 1.807) is 0 Å². The zero-order valence-electron chi connectivity index (χ0n) is 15.8. The van der Waals surface area contributed by atoms with Gasteiger partial charge in [-0.1, -0.05) is 26.3 Å². The predicted octanol–water partition coefficient (Wildman–Crippen LogP) is 5.11. The minimum atomic E-state index is -0.123. The van der Waals surface area contributed by atoms with Crippen LogP contribution in [-0.4, -0.2) is 11.6 Å². The normalized spacial score (nSPS) is 50.6. The van der Waals surface area contributed by atoms with Crippen LogP contribution < -0.4 is 0 Å². The smallest absolute Gasteiger partial charge is 0.155 e. The fraction of sp³-hybridized carbons (Fsp3) is 0.818. The SMILES string of the molecule is CC(=O)[C@@]1(C)CCC2C3CCC4=CC(=O)CCC4(C)C3CCC21C. The Morgan fingerprint density at radius 3 is 2.42 bits per heavy atom. The lowest BCUT2D eigenvalue weighted by Gasteiger charge is -2.59. The molecule has 2 nitrogen and oxygen atoms in total. The van der Waals surface area contributed by atoms with Crippen molar-refractivity contribution in [1.82, 2.24) is 0 Å². The van der Waals surface area contributed by atoms with Crippen LogP contribution >= 0.6 is 0 Å². The molecule has 0 heterocycles. The summed E-state index contributed by atoms with van der Waals surface area (Å²) in [6, 6.07) is 0. The zero-order valence-corrected chi connectivity index (χ0v) is 15.8. The number of carbonyl (C=O) groups is 2. The van der Waals surface area contributed by atoms with Crippen molar-refractivity contribution in [2.45, 2.75) is 79.1 Å². The molecule has 4 aliphatic carbocycles. The monoisotopic (exact) mass is 328 g/mol. The molecule has 5 unspecified atom stereocenters. The molecule has 0 N–H and O–H groups in total. The standard InChI is InChI=1S/C22H32O2/c1-14(23)21(3)11-9-19-17-6-5-15-13-16(24)7-10-20(15,2)18(17)8-12-22(19,21)4/h13,17-19H,5-12H2,1-4H3/t17?,18?,19?,20?,21-,22?/m1/s1. The molecule has 0 bridgehead atoms. The summed E-state index contributed by atoms with van der Waals surface area (Å²) >= 11 is 0. The first kappa shape index (κ1) is 16.5. The van der Waals surface area contributed by atoms with Crippen LogP contribution in [0.2, 0.25) is 0 Å². The number of hydrogen-bond acceptors (Lipinski definition) is 2. The second-order valence-electron chi connectivity index (χ2n) is 9.85. The minimum Gasteiger partial charge on any atom is -0.299 e. The molecule has 3 fully saturated rings. The van der Waals surface area contributed by atoms with Crippen LogP contribution in [0.1, 0.15) is 79.1 Å².